The first-order chi connectivity index (χ1) is 17.4. The third-order valence-corrected chi connectivity index (χ3v) is 8.35. The number of carbonyl (C=O) groups excluding carboxylic acids is 1. The quantitative estimate of drug-likeness (QED) is 0.165. The molecule has 1 fully saturated rings. The third-order valence-electron chi connectivity index (χ3n) is 5.60. The second-order valence-electron chi connectivity index (χ2n) is 8.15. The monoisotopic (exact) mass is 736 g/mol. The van der Waals surface area contributed by atoms with Crippen molar-refractivity contribution in [2.45, 2.75) is 13.5 Å². The van der Waals surface area contributed by atoms with Crippen LogP contribution in [-0.2, 0) is 11.4 Å². The number of fused-ring (bicyclic) bond motifs is 1. The summed E-state index contributed by atoms with van der Waals surface area (Å²) in [5.41, 5.74) is 3.81. The molecule has 1 amide bonds. The van der Waals surface area contributed by atoms with Gasteiger partial charge in [0.1, 0.15) is 12.4 Å². The van der Waals surface area contributed by atoms with E-state index < -0.39 is 0 Å². The SMILES string of the molecule is Cc1cc(Cl)ccc1N=C1NC(=O)/C(=C/c2cc(I)c(OCc3cccc4ccccc34)c(I)c2)S1. The molecular formula is C28H19ClI2N2O2S. The summed E-state index contributed by atoms with van der Waals surface area (Å²) in [6, 6.07) is 24.1. The van der Waals surface area contributed by atoms with E-state index in [4.69, 9.17) is 16.3 Å². The summed E-state index contributed by atoms with van der Waals surface area (Å²) in [6.07, 6.45) is 1.88. The van der Waals surface area contributed by atoms with E-state index >= 15 is 0 Å². The van der Waals surface area contributed by atoms with E-state index in [1.807, 2.05) is 49.4 Å². The fourth-order valence-electron chi connectivity index (χ4n) is 3.85. The second-order valence-corrected chi connectivity index (χ2v) is 11.9. The average Bonchev–Trinajstić information content (AvgIpc) is 3.18. The van der Waals surface area contributed by atoms with Gasteiger partial charge in [0, 0.05) is 5.02 Å². The van der Waals surface area contributed by atoms with Crippen LogP contribution in [-0.4, -0.2) is 11.1 Å². The van der Waals surface area contributed by atoms with Crippen LogP contribution in [0, 0.1) is 14.1 Å². The van der Waals surface area contributed by atoms with Crippen molar-refractivity contribution in [2.75, 3.05) is 0 Å². The summed E-state index contributed by atoms with van der Waals surface area (Å²) in [5.74, 6) is 0.682. The minimum absolute atomic E-state index is 0.160. The molecule has 0 bridgehead atoms. The Morgan fingerprint density at radius 2 is 1.78 bits per heavy atom. The van der Waals surface area contributed by atoms with Gasteiger partial charge in [0.05, 0.1) is 17.7 Å². The number of ether oxygens (including phenoxy) is 1. The molecule has 5 rings (SSSR count). The Balaban J connectivity index is 1.34. The summed E-state index contributed by atoms with van der Waals surface area (Å²) < 4.78 is 8.24. The van der Waals surface area contributed by atoms with Gasteiger partial charge >= 0.3 is 0 Å². The van der Waals surface area contributed by atoms with E-state index in [1.54, 1.807) is 6.07 Å². The Hall–Kier alpha value is -2.08. The molecule has 4 aromatic rings. The number of nitrogens with zero attached hydrogens (tertiary/aromatic N) is 1. The predicted molar refractivity (Wildman–Crippen MR) is 167 cm³/mol. The van der Waals surface area contributed by atoms with E-state index in [1.165, 1.54) is 22.5 Å². The van der Waals surface area contributed by atoms with Gasteiger partial charge in [-0.25, -0.2) is 4.99 Å². The Morgan fingerprint density at radius 1 is 1.03 bits per heavy atom. The van der Waals surface area contributed by atoms with Gasteiger partial charge < -0.3 is 10.1 Å². The zero-order chi connectivity index (χ0) is 25.2. The molecule has 1 saturated heterocycles. The number of hydrogen-bond acceptors (Lipinski definition) is 4. The number of benzene rings is 4. The van der Waals surface area contributed by atoms with Gasteiger partial charge in [0.15, 0.2) is 5.17 Å². The Bertz CT molecular complexity index is 1540. The topological polar surface area (TPSA) is 50.7 Å². The molecule has 0 aromatic heterocycles. The molecular weight excluding hydrogens is 718 g/mol. The Labute approximate surface area is 245 Å². The molecule has 180 valence electrons. The van der Waals surface area contributed by atoms with Crippen molar-refractivity contribution < 1.29 is 9.53 Å². The molecule has 4 nitrogen and oxygen atoms in total. The van der Waals surface area contributed by atoms with Gasteiger partial charge in [-0.2, -0.15) is 0 Å². The van der Waals surface area contributed by atoms with E-state index in [2.05, 4.69) is 85.8 Å². The van der Waals surface area contributed by atoms with Crippen molar-refractivity contribution in [3.63, 3.8) is 0 Å². The molecule has 1 heterocycles. The predicted octanol–water partition coefficient (Wildman–Crippen LogP) is 8.48. The summed E-state index contributed by atoms with van der Waals surface area (Å²) in [7, 11) is 0. The number of aryl methyl sites for hydroxylation is 1. The van der Waals surface area contributed by atoms with Crippen LogP contribution in [0.2, 0.25) is 5.02 Å². The highest BCUT2D eigenvalue weighted by Crippen LogP contribution is 2.34. The van der Waals surface area contributed by atoms with Crippen LogP contribution in [0.5, 0.6) is 5.75 Å². The molecule has 4 aromatic carbocycles. The largest absolute Gasteiger partial charge is 0.487 e. The minimum Gasteiger partial charge on any atom is -0.487 e. The molecule has 1 aliphatic rings. The third kappa shape index (κ3) is 5.74. The number of thioether (sulfide) groups is 1. The zero-order valence-corrected chi connectivity index (χ0v) is 24.9. The average molecular weight is 737 g/mol. The fourth-order valence-corrected chi connectivity index (χ4v) is 7.04. The molecule has 0 radical (unpaired) electrons. The van der Waals surface area contributed by atoms with Crippen LogP contribution >= 0.6 is 68.5 Å². The number of halogens is 3. The smallest absolute Gasteiger partial charge is 0.264 e. The summed E-state index contributed by atoms with van der Waals surface area (Å²) in [4.78, 5) is 17.8. The molecule has 0 spiro atoms. The lowest BCUT2D eigenvalue weighted by Crippen LogP contribution is -2.19. The van der Waals surface area contributed by atoms with Crippen LogP contribution in [0.15, 0.2) is 82.7 Å². The van der Waals surface area contributed by atoms with Gasteiger partial charge in [-0.3, -0.25) is 4.79 Å². The minimum atomic E-state index is -0.160. The number of aliphatic imine (C=N–C) groups is 1. The van der Waals surface area contributed by atoms with Crippen molar-refractivity contribution in [3.8, 4) is 5.75 Å². The lowest BCUT2D eigenvalue weighted by atomic mass is 10.1. The van der Waals surface area contributed by atoms with Crippen molar-refractivity contribution in [2.24, 2.45) is 4.99 Å². The Kier molecular flexibility index (Phi) is 7.90. The van der Waals surface area contributed by atoms with Crippen LogP contribution in [0.3, 0.4) is 0 Å². The maximum absolute atomic E-state index is 12.6. The standard InChI is InChI=1S/C28H19ClI2N2O2S/c1-16-11-20(29)9-10-24(16)32-28-33-27(34)25(36-28)14-17-12-22(30)26(23(31)13-17)35-15-19-7-4-6-18-5-2-3-8-21(18)19/h2-14H,15H2,1H3,(H,32,33,34)/b25-14-. The summed E-state index contributed by atoms with van der Waals surface area (Å²) in [5, 5.41) is 6.46. The van der Waals surface area contributed by atoms with Crippen LogP contribution in [0.25, 0.3) is 16.8 Å². The molecule has 1 N–H and O–H groups in total. The summed E-state index contributed by atoms with van der Waals surface area (Å²) >= 11 is 11.9. The van der Waals surface area contributed by atoms with Crippen LogP contribution in [0.1, 0.15) is 16.7 Å². The molecule has 1 aliphatic heterocycles. The van der Waals surface area contributed by atoms with Gasteiger partial charge in [-0.05, 0) is 128 Å². The molecule has 0 atom stereocenters. The lowest BCUT2D eigenvalue weighted by Gasteiger charge is -2.13. The molecule has 8 heteroatoms. The summed E-state index contributed by atoms with van der Waals surface area (Å²) in [6.45, 7) is 2.42. The van der Waals surface area contributed by atoms with E-state index in [-0.39, 0.29) is 5.91 Å². The molecule has 0 unspecified atom stereocenters. The normalized spacial score (nSPS) is 15.6. The fraction of sp³-hybridized carbons (Fsp3) is 0.0714. The highest BCUT2D eigenvalue weighted by molar-refractivity contribution is 14.1. The maximum Gasteiger partial charge on any atom is 0.264 e. The van der Waals surface area contributed by atoms with Gasteiger partial charge in [-0.15, -0.1) is 0 Å². The van der Waals surface area contributed by atoms with Crippen LogP contribution < -0.4 is 10.1 Å². The lowest BCUT2D eigenvalue weighted by molar-refractivity contribution is -0.115. The highest BCUT2D eigenvalue weighted by atomic mass is 127. The second kappa shape index (κ2) is 11.1. The van der Waals surface area contributed by atoms with E-state index in [9.17, 15) is 4.79 Å². The first-order valence-corrected chi connectivity index (χ1v) is 14.4. The zero-order valence-electron chi connectivity index (χ0n) is 19.0. The van der Waals surface area contributed by atoms with Crippen molar-refractivity contribution in [3.05, 3.63) is 107 Å². The first-order valence-electron chi connectivity index (χ1n) is 11.0. The van der Waals surface area contributed by atoms with E-state index in [0.717, 1.165) is 35.3 Å². The molecule has 0 saturated carbocycles. The number of rotatable bonds is 5. The number of amides is 1. The maximum atomic E-state index is 12.6. The van der Waals surface area contributed by atoms with E-state index in [0.29, 0.717) is 21.7 Å². The highest BCUT2D eigenvalue weighted by Gasteiger charge is 2.24. The molecule has 0 aliphatic carbocycles. The number of hydrogen-bond donors (Lipinski definition) is 1. The number of nitrogens with one attached hydrogen (secondary N) is 1. The van der Waals surface area contributed by atoms with Crippen molar-refractivity contribution in [1.82, 2.24) is 5.32 Å². The molecule has 36 heavy (non-hydrogen) atoms. The Morgan fingerprint density at radius 3 is 2.56 bits per heavy atom. The first kappa shape index (κ1) is 25.6. The van der Waals surface area contributed by atoms with Crippen LogP contribution in [0.4, 0.5) is 5.69 Å². The van der Waals surface area contributed by atoms with Gasteiger partial charge in [0.25, 0.3) is 5.91 Å². The number of carbonyl (C=O) groups is 1. The number of amidine groups is 1. The van der Waals surface area contributed by atoms with Crippen molar-refractivity contribution >= 4 is 102 Å². The van der Waals surface area contributed by atoms with Gasteiger partial charge in [0.2, 0.25) is 0 Å². The van der Waals surface area contributed by atoms with Crippen molar-refractivity contribution in [1.29, 1.82) is 0 Å². The van der Waals surface area contributed by atoms with Gasteiger partial charge in [-0.1, -0.05) is 54.1 Å².